The Morgan fingerprint density at radius 3 is 2.32 bits per heavy atom. The number of methoxy groups -OCH3 is 1. The zero-order valence-electron chi connectivity index (χ0n) is 16.9. The fourth-order valence-electron chi connectivity index (χ4n) is 2.94. The van der Waals surface area contributed by atoms with E-state index in [0.29, 0.717) is 12.2 Å². The molecule has 0 aromatic heterocycles. The lowest BCUT2D eigenvalue weighted by molar-refractivity contribution is 0.0940. The Morgan fingerprint density at radius 2 is 1.75 bits per heavy atom. The first-order valence-corrected chi connectivity index (χ1v) is 10.6. The summed E-state index contributed by atoms with van der Waals surface area (Å²) in [7, 11) is -2.39. The monoisotopic (exact) mass is 404 g/mol. The Balaban J connectivity index is 2.30. The minimum Gasteiger partial charge on any atom is -0.496 e. The molecule has 2 aromatic carbocycles. The highest BCUT2D eigenvalue weighted by Crippen LogP contribution is 2.24. The van der Waals surface area contributed by atoms with Crippen molar-refractivity contribution >= 4 is 15.9 Å². The van der Waals surface area contributed by atoms with E-state index in [0.717, 1.165) is 5.56 Å². The van der Waals surface area contributed by atoms with Crippen LogP contribution in [0.1, 0.15) is 43.6 Å². The highest BCUT2D eigenvalue weighted by Gasteiger charge is 2.28. The molecular weight excluding hydrogens is 376 g/mol. The van der Waals surface area contributed by atoms with Gasteiger partial charge in [-0.25, -0.2) is 13.1 Å². The third kappa shape index (κ3) is 5.81. The van der Waals surface area contributed by atoms with Crippen LogP contribution in [-0.4, -0.2) is 33.0 Å². The molecule has 0 unspecified atom stereocenters. The average Bonchev–Trinajstić information content (AvgIpc) is 2.60. The Morgan fingerprint density at radius 1 is 1.11 bits per heavy atom. The van der Waals surface area contributed by atoms with E-state index in [-0.39, 0.29) is 22.4 Å². The molecule has 0 saturated heterocycles. The van der Waals surface area contributed by atoms with Crippen molar-refractivity contribution in [2.75, 3.05) is 7.11 Å². The molecule has 7 heteroatoms. The van der Waals surface area contributed by atoms with E-state index < -0.39 is 15.6 Å². The number of nitrogens with one attached hydrogen (secondary N) is 2. The third-order valence-corrected chi connectivity index (χ3v) is 5.74. The molecule has 2 rings (SSSR count). The number of rotatable bonds is 8. The zero-order valence-corrected chi connectivity index (χ0v) is 17.8. The van der Waals surface area contributed by atoms with Crippen LogP contribution in [0.2, 0.25) is 0 Å². The molecule has 0 aliphatic rings. The number of hydrogen-bond acceptors (Lipinski definition) is 4. The fraction of sp³-hybridized carbons (Fsp3) is 0.381. The number of carbonyl (C=O) groups is 1. The van der Waals surface area contributed by atoms with Crippen molar-refractivity contribution in [3.05, 3.63) is 59.7 Å². The average molecular weight is 405 g/mol. The van der Waals surface area contributed by atoms with Crippen LogP contribution in [0.25, 0.3) is 0 Å². The molecule has 6 nitrogen and oxygen atoms in total. The van der Waals surface area contributed by atoms with Gasteiger partial charge in [0, 0.05) is 11.6 Å². The molecule has 2 aromatic rings. The lowest BCUT2D eigenvalue weighted by Crippen LogP contribution is -2.45. The molecule has 0 bridgehead atoms. The topological polar surface area (TPSA) is 84.5 Å². The molecule has 28 heavy (non-hydrogen) atoms. The van der Waals surface area contributed by atoms with Crippen LogP contribution in [0.15, 0.2) is 53.4 Å². The molecule has 0 aliphatic carbocycles. The molecule has 2 N–H and O–H groups in total. The number of sulfonamides is 1. The van der Waals surface area contributed by atoms with E-state index in [2.05, 4.69) is 10.0 Å². The third-order valence-electron chi connectivity index (χ3n) is 4.05. The first-order chi connectivity index (χ1) is 13.0. The summed E-state index contributed by atoms with van der Waals surface area (Å²) in [6.07, 6.45) is 0.532. The Labute approximate surface area is 167 Å². The second-order valence-electron chi connectivity index (χ2n) is 7.64. The summed E-state index contributed by atoms with van der Waals surface area (Å²) in [6, 6.07) is 13.9. The van der Waals surface area contributed by atoms with E-state index in [1.807, 2.05) is 58.0 Å². The number of ether oxygens (including phenoxy) is 1. The summed E-state index contributed by atoms with van der Waals surface area (Å²) in [5.74, 6) is -0.0620. The van der Waals surface area contributed by atoms with Crippen LogP contribution in [-0.2, 0) is 16.4 Å². The van der Waals surface area contributed by atoms with Crippen LogP contribution in [0.4, 0.5) is 0 Å². The number of amides is 1. The lowest BCUT2D eigenvalue weighted by atomic mass is 9.96. The van der Waals surface area contributed by atoms with Gasteiger partial charge in [-0.05, 0) is 57.9 Å². The van der Waals surface area contributed by atoms with Crippen molar-refractivity contribution in [1.29, 1.82) is 0 Å². The first kappa shape index (κ1) is 21.9. The Bertz CT molecular complexity index is 923. The van der Waals surface area contributed by atoms with Gasteiger partial charge < -0.3 is 10.1 Å². The molecule has 0 aliphatic heterocycles. The van der Waals surface area contributed by atoms with Gasteiger partial charge in [0.15, 0.2) is 0 Å². The molecule has 0 radical (unpaired) electrons. The minimum atomic E-state index is -3.83. The predicted molar refractivity (Wildman–Crippen MR) is 110 cm³/mol. The maximum Gasteiger partial charge on any atom is 0.255 e. The SMILES string of the molecule is COc1ccc(S(=O)(=O)NC(C)(C)Cc2ccccc2)cc1C(=O)NC(C)C. The van der Waals surface area contributed by atoms with Crippen molar-refractivity contribution < 1.29 is 17.9 Å². The quantitative estimate of drug-likeness (QED) is 0.708. The number of carbonyl (C=O) groups excluding carboxylic acids is 1. The summed E-state index contributed by atoms with van der Waals surface area (Å²) in [4.78, 5) is 12.5. The number of benzene rings is 2. The summed E-state index contributed by atoms with van der Waals surface area (Å²) in [6.45, 7) is 7.32. The maximum atomic E-state index is 13.0. The molecule has 0 fully saturated rings. The Kier molecular flexibility index (Phi) is 6.85. The maximum absolute atomic E-state index is 13.0. The largest absolute Gasteiger partial charge is 0.496 e. The standard InChI is InChI=1S/C21H28N2O4S/c1-15(2)22-20(24)18-13-17(11-12-19(18)27-5)28(25,26)23-21(3,4)14-16-9-7-6-8-10-16/h6-13,15,23H,14H2,1-5H3,(H,22,24). The molecule has 0 spiro atoms. The highest BCUT2D eigenvalue weighted by molar-refractivity contribution is 7.89. The van der Waals surface area contributed by atoms with Crippen LogP contribution in [0, 0.1) is 0 Å². The van der Waals surface area contributed by atoms with Gasteiger partial charge in [-0.15, -0.1) is 0 Å². The molecular formula is C21H28N2O4S. The van der Waals surface area contributed by atoms with Crippen LogP contribution in [0.3, 0.4) is 0 Å². The van der Waals surface area contributed by atoms with E-state index >= 15 is 0 Å². The van der Waals surface area contributed by atoms with Crippen LogP contribution in [0.5, 0.6) is 5.75 Å². The van der Waals surface area contributed by atoms with Gasteiger partial charge in [0.05, 0.1) is 17.6 Å². The normalized spacial score (nSPS) is 12.1. The summed E-state index contributed by atoms with van der Waals surface area (Å²) in [5.41, 5.74) is 0.502. The molecule has 152 valence electrons. The predicted octanol–water partition coefficient (Wildman–Crippen LogP) is 3.13. The van der Waals surface area contributed by atoms with Gasteiger partial charge in [0.25, 0.3) is 5.91 Å². The van der Waals surface area contributed by atoms with Crippen molar-refractivity contribution in [3.63, 3.8) is 0 Å². The molecule has 0 saturated carbocycles. The molecule has 1 amide bonds. The van der Waals surface area contributed by atoms with Gasteiger partial charge in [-0.1, -0.05) is 30.3 Å². The van der Waals surface area contributed by atoms with Crippen LogP contribution >= 0.6 is 0 Å². The van der Waals surface area contributed by atoms with Crippen molar-refractivity contribution in [2.45, 2.75) is 50.6 Å². The van der Waals surface area contributed by atoms with Gasteiger partial charge in [0.2, 0.25) is 10.0 Å². The van der Waals surface area contributed by atoms with E-state index in [1.165, 1.54) is 25.3 Å². The summed E-state index contributed by atoms with van der Waals surface area (Å²) in [5, 5.41) is 2.76. The fourth-order valence-corrected chi connectivity index (χ4v) is 4.37. The van der Waals surface area contributed by atoms with Crippen molar-refractivity contribution in [2.24, 2.45) is 0 Å². The van der Waals surface area contributed by atoms with Gasteiger partial charge >= 0.3 is 0 Å². The zero-order chi connectivity index (χ0) is 20.9. The lowest BCUT2D eigenvalue weighted by Gasteiger charge is -2.26. The molecule has 0 atom stereocenters. The second kappa shape index (κ2) is 8.75. The van der Waals surface area contributed by atoms with Crippen molar-refractivity contribution in [3.8, 4) is 5.75 Å². The van der Waals surface area contributed by atoms with Gasteiger partial charge in [0.1, 0.15) is 5.75 Å². The highest BCUT2D eigenvalue weighted by atomic mass is 32.2. The smallest absolute Gasteiger partial charge is 0.255 e. The second-order valence-corrected chi connectivity index (χ2v) is 9.32. The van der Waals surface area contributed by atoms with Gasteiger partial charge in [-0.3, -0.25) is 4.79 Å². The minimum absolute atomic E-state index is 0.0170. The van der Waals surface area contributed by atoms with Crippen LogP contribution < -0.4 is 14.8 Å². The number of hydrogen-bond donors (Lipinski definition) is 2. The summed E-state index contributed by atoms with van der Waals surface area (Å²) >= 11 is 0. The van der Waals surface area contributed by atoms with Gasteiger partial charge in [-0.2, -0.15) is 0 Å². The van der Waals surface area contributed by atoms with E-state index in [1.54, 1.807) is 0 Å². The molecule has 0 heterocycles. The van der Waals surface area contributed by atoms with Crippen molar-refractivity contribution in [1.82, 2.24) is 10.0 Å². The summed E-state index contributed by atoms with van der Waals surface area (Å²) < 4.78 is 33.9. The Hall–Kier alpha value is -2.38. The van der Waals surface area contributed by atoms with E-state index in [9.17, 15) is 13.2 Å². The first-order valence-electron chi connectivity index (χ1n) is 9.11. The van der Waals surface area contributed by atoms with E-state index in [4.69, 9.17) is 4.74 Å².